The second kappa shape index (κ2) is 9.86. The molecule has 0 unspecified atom stereocenters. The zero-order valence-corrected chi connectivity index (χ0v) is 15.2. The van der Waals surface area contributed by atoms with Crippen LogP contribution in [0.15, 0.2) is 42.5 Å². The van der Waals surface area contributed by atoms with Gasteiger partial charge >= 0.3 is 0 Å². The van der Waals surface area contributed by atoms with Crippen molar-refractivity contribution in [2.45, 2.75) is 40.0 Å². The molecule has 0 aromatic heterocycles. The highest BCUT2D eigenvalue weighted by Crippen LogP contribution is 2.24. The van der Waals surface area contributed by atoms with Gasteiger partial charge in [-0.05, 0) is 43.0 Å². The summed E-state index contributed by atoms with van der Waals surface area (Å²) in [6, 6.07) is 14.6. The predicted molar refractivity (Wildman–Crippen MR) is 104 cm³/mol. The molecule has 0 aliphatic carbocycles. The van der Waals surface area contributed by atoms with Gasteiger partial charge in [-0.25, -0.2) is 0 Å². The highest BCUT2D eigenvalue weighted by molar-refractivity contribution is 5.58. The average Bonchev–Trinajstić information content (AvgIpc) is 2.61. The maximum atomic E-state index is 5.87. The van der Waals surface area contributed by atoms with Crippen molar-refractivity contribution in [1.82, 2.24) is 0 Å². The van der Waals surface area contributed by atoms with E-state index in [1.807, 2.05) is 18.2 Å². The Morgan fingerprint density at radius 1 is 0.917 bits per heavy atom. The molecule has 0 aliphatic rings. The predicted octanol–water partition coefficient (Wildman–Crippen LogP) is 5.26. The molecule has 2 aromatic carbocycles. The summed E-state index contributed by atoms with van der Waals surface area (Å²) in [4.78, 5) is 0. The first-order valence-corrected chi connectivity index (χ1v) is 9.04. The van der Waals surface area contributed by atoms with E-state index in [2.05, 4.69) is 55.7 Å². The van der Waals surface area contributed by atoms with E-state index in [1.54, 1.807) is 0 Å². The van der Waals surface area contributed by atoms with E-state index >= 15 is 0 Å². The smallest absolute Gasteiger partial charge is 0.142 e. The van der Waals surface area contributed by atoms with Crippen LogP contribution in [0.5, 0.6) is 5.75 Å². The fourth-order valence-corrected chi connectivity index (χ4v) is 2.73. The average molecular weight is 326 g/mol. The highest BCUT2D eigenvalue weighted by atomic mass is 16.5. The number of rotatable bonds is 10. The second-order valence-corrected chi connectivity index (χ2v) is 6.01. The van der Waals surface area contributed by atoms with Crippen LogP contribution in [0.3, 0.4) is 0 Å². The third kappa shape index (κ3) is 5.19. The lowest BCUT2D eigenvalue weighted by molar-refractivity contribution is 0.311. The second-order valence-electron chi connectivity index (χ2n) is 6.01. The van der Waals surface area contributed by atoms with Crippen LogP contribution in [0.2, 0.25) is 0 Å². The van der Waals surface area contributed by atoms with Crippen molar-refractivity contribution < 1.29 is 4.74 Å². The molecular weight excluding hydrogens is 296 g/mol. The van der Waals surface area contributed by atoms with E-state index in [9.17, 15) is 0 Å². The van der Waals surface area contributed by atoms with Crippen LogP contribution in [0, 0.1) is 6.92 Å². The normalized spacial score (nSPS) is 10.5. The van der Waals surface area contributed by atoms with E-state index < -0.39 is 0 Å². The molecule has 3 nitrogen and oxygen atoms in total. The van der Waals surface area contributed by atoms with E-state index in [0.717, 1.165) is 50.4 Å². The molecule has 0 amide bonds. The summed E-state index contributed by atoms with van der Waals surface area (Å²) < 4.78 is 5.87. The standard InChI is InChI=1S/C21H30N2O/c1-4-6-16-24-20-13-8-7-12-19(20)22-14-15-23-21-17(3)10-9-11-18(21)5-2/h7-13,22-23H,4-6,14-16H2,1-3H3. The Labute approximate surface area is 146 Å². The Hall–Kier alpha value is -2.16. The van der Waals surface area contributed by atoms with Gasteiger partial charge in [0.2, 0.25) is 0 Å². The van der Waals surface area contributed by atoms with Crippen LogP contribution < -0.4 is 15.4 Å². The molecule has 0 bridgehead atoms. The number of hydrogen-bond acceptors (Lipinski definition) is 3. The fraction of sp³-hybridized carbons (Fsp3) is 0.429. The van der Waals surface area contributed by atoms with Crippen molar-refractivity contribution in [1.29, 1.82) is 0 Å². The molecular formula is C21H30N2O. The number of para-hydroxylation sites is 3. The van der Waals surface area contributed by atoms with Gasteiger partial charge in [0.15, 0.2) is 0 Å². The van der Waals surface area contributed by atoms with Gasteiger partial charge in [0.25, 0.3) is 0 Å². The minimum atomic E-state index is 0.774. The first-order chi connectivity index (χ1) is 11.8. The molecule has 0 saturated heterocycles. The van der Waals surface area contributed by atoms with Crippen molar-refractivity contribution in [3.05, 3.63) is 53.6 Å². The summed E-state index contributed by atoms with van der Waals surface area (Å²) in [5.74, 6) is 0.941. The van der Waals surface area contributed by atoms with Crippen LogP contribution in [0.25, 0.3) is 0 Å². The molecule has 3 heteroatoms. The number of nitrogens with one attached hydrogen (secondary N) is 2. The minimum absolute atomic E-state index is 0.774. The summed E-state index contributed by atoms with van der Waals surface area (Å²) in [5.41, 5.74) is 5.01. The largest absolute Gasteiger partial charge is 0.491 e. The zero-order chi connectivity index (χ0) is 17.2. The van der Waals surface area contributed by atoms with Crippen LogP contribution in [0.1, 0.15) is 37.8 Å². The monoisotopic (exact) mass is 326 g/mol. The maximum Gasteiger partial charge on any atom is 0.142 e. The molecule has 2 rings (SSSR count). The molecule has 0 fully saturated rings. The lowest BCUT2D eigenvalue weighted by Crippen LogP contribution is -2.15. The first-order valence-electron chi connectivity index (χ1n) is 9.04. The van der Waals surface area contributed by atoms with Gasteiger partial charge in [0.05, 0.1) is 12.3 Å². The van der Waals surface area contributed by atoms with Gasteiger partial charge in [0.1, 0.15) is 5.75 Å². The number of aryl methyl sites for hydroxylation is 2. The molecule has 2 N–H and O–H groups in total. The van der Waals surface area contributed by atoms with Gasteiger partial charge < -0.3 is 15.4 Å². The lowest BCUT2D eigenvalue weighted by atomic mass is 10.1. The molecule has 0 atom stereocenters. The Kier molecular flexibility index (Phi) is 7.47. The van der Waals surface area contributed by atoms with E-state index in [-0.39, 0.29) is 0 Å². The Morgan fingerprint density at radius 2 is 1.71 bits per heavy atom. The van der Waals surface area contributed by atoms with Gasteiger partial charge in [-0.1, -0.05) is 50.6 Å². The van der Waals surface area contributed by atoms with Crippen LogP contribution in [0.4, 0.5) is 11.4 Å². The van der Waals surface area contributed by atoms with E-state index in [4.69, 9.17) is 4.74 Å². The van der Waals surface area contributed by atoms with Crippen molar-refractivity contribution in [3.8, 4) is 5.75 Å². The van der Waals surface area contributed by atoms with E-state index in [1.165, 1.54) is 16.8 Å². The molecule has 24 heavy (non-hydrogen) atoms. The number of ether oxygens (including phenoxy) is 1. The van der Waals surface area contributed by atoms with Crippen molar-refractivity contribution in [2.75, 3.05) is 30.3 Å². The third-order valence-corrected chi connectivity index (χ3v) is 4.12. The summed E-state index contributed by atoms with van der Waals surface area (Å²) in [5, 5.41) is 7.05. The highest BCUT2D eigenvalue weighted by Gasteiger charge is 2.04. The topological polar surface area (TPSA) is 33.3 Å². The zero-order valence-electron chi connectivity index (χ0n) is 15.2. The van der Waals surface area contributed by atoms with Crippen LogP contribution in [-0.2, 0) is 6.42 Å². The van der Waals surface area contributed by atoms with E-state index in [0.29, 0.717) is 0 Å². The lowest BCUT2D eigenvalue weighted by Gasteiger charge is -2.16. The number of anilines is 2. The quantitative estimate of drug-likeness (QED) is 0.584. The van der Waals surface area contributed by atoms with Crippen molar-refractivity contribution in [2.24, 2.45) is 0 Å². The summed E-state index contributed by atoms with van der Waals surface area (Å²) in [6.07, 6.45) is 3.28. The first kappa shape index (κ1) is 18.2. The SMILES string of the molecule is CCCCOc1ccccc1NCCNc1c(C)cccc1CC. The number of benzene rings is 2. The molecule has 0 saturated carbocycles. The Bertz CT molecular complexity index is 625. The number of hydrogen-bond donors (Lipinski definition) is 2. The van der Waals surface area contributed by atoms with Crippen LogP contribution in [-0.4, -0.2) is 19.7 Å². The molecule has 130 valence electrons. The third-order valence-electron chi connectivity index (χ3n) is 4.12. The fourth-order valence-electron chi connectivity index (χ4n) is 2.73. The van der Waals surface area contributed by atoms with Gasteiger partial charge in [-0.3, -0.25) is 0 Å². The minimum Gasteiger partial charge on any atom is -0.491 e. The van der Waals surface area contributed by atoms with Crippen LogP contribution >= 0.6 is 0 Å². The molecule has 0 heterocycles. The van der Waals surface area contributed by atoms with Gasteiger partial charge in [-0.15, -0.1) is 0 Å². The molecule has 2 aromatic rings. The molecule has 0 aliphatic heterocycles. The molecule has 0 spiro atoms. The maximum absolute atomic E-state index is 5.87. The Balaban J connectivity index is 1.87. The number of unbranched alkanes of at least 4 members (excludes halogenated alkanes) is 1. The van der Waals surface area contributed by atoms with Crippen molar-refractivity contribution in [3.63, 3.8) is 0 Å². The molecule has 0 radical (unpaired) electrons. The summed E-state index contributed by atoms with van der Waals surface area (Å²) in [7, 11) is 0. The van der Waals surface area contributed by atoms with Gasteiger partial charge in [0, 0.05) is 18.8 Å². The summed E-state index contributed by atoms with van der Waals surface area (Å²) >= 11 is 0. The van der Waals surface area contributed by atoms with Crippen molar-refractivity contribution >= 4 is 11.4 Å². The summed E-state index contributed by atoms with van der Waals surface area (Å²) in [6.45, 7) is 9.03. The Morgan fingerprint density at radius 3 is 2.50 bits per heavy atom. The van der Waals surface area contributed by atoms with Gasteiger partial charge in [-0.2, -0.15) is 0 Å².